The van der Waals surface area contributed by atoms with Gasteiger partial charge < -0.3 is 4.57 Å². The molecule has 0 radical (unpaired) electrons. The smallest absolute Gasteiger partial charge is 0.0543 e. The van der Waals surface area contributed by atoms with Crippen LogP contribution in [0.15, 0.2) is 66.7 Å². The molecule has 1 heteroatoms. The number of aromatic nitrogens is 1. The van der Waals surface area contributed by atoms with E-state index in [2.05, 4.69) is 92.1 Å². The maximum absolute atomic E-state index is 2.39. The summed E-state index contributed by atoms with van der Waals surface area (Å²) in [6.07, 6.45) is 0. The SMILES string of the molecule is Cc1ccc2c3c(C(C)C)cccc3n(-c3ccccc3)c2c1. The first-order chi connectivity index (χ1) is 11.2. The van der Waals surface area contributed by atoms with Crippen molar-refractivity contribution in [1.29, 1.82) is 0 Å². The number of hydrogen-bond acceptors (Lipinski definition) is 0. The molecule has 4 aromatic rings. The maximum atomic E-state index is 2.39. The molecule has 0 saturated carbocycles. The zero-order valence-corrected chi connectivity index (χ0v) is 13.9. The van der Waals surface area contributed by atoms with Crippen LogP contribution in [0, 0.1) is 6.92 Å². The monoisotopic (exact) mass is 299 g/mol. The van der Waals surface area contributed by atoms with Crippen LogP contribution in [0.25, 0.3) is 27.5 Å². The average Bonchev–Trinajstić information content (AvgIpc) is 2.88. The third-order valence-corrected chi connectivity index (χ3v) is 4.62. The highest BCUT2D eigenvalue weighted by molar-refractivity contribution is 6.11. The molecule has 3 aromatic carbocycles. The fourth-order valence-electron chi connectivity index (χ4n) is 3.54. The Labute approximate surface area is 137 Å². The molecule has 0 spiro atoms. The van der Waals surface area contributed by atoms with Crippen LogP contribution in [-0.4, -0.2) is 4.57 Å². The van der Waals surface area contributed by atoms with Gasteiger partial charge in [-0.05, 0) is 48.2 Å². The van der Waals surface area contributed by atoms with Crippen LogP contribution < -0.4 is 0 Å². The van der Waals surface area contributed by atoms with E-state index >= 15 is 0 Å². The van der Waals surface area contributed by atoms with Gasteiger partial charge in [0.25, 0.3) is 0 Å². The summed E-state index contributed by atoms with van der Waals surface area (Å²) >= 11 is 0. The summed E-state index contributed by atoms with van der Waals surface area (Å²) in [5.41, 5.74) is 6.52. The van der Waals surface area contributed by atoms with Crippen LogP contribution in [-0.2, 0) is 0 Å². The summed E-state index contributed by atoms with van der Waals surface area (Å²) in [5.74, 6) is 0.509. The molecule has 23 heavy (non-hydrogen) atoms. The Balaban J connectivity index is 2.23. The van der Waals surface area contributed by atoms with Gasteiger partial charge in [0.2, 0.25) is 0 Å². The molecule has 0 bridgehead atoms. The van der Waals surface area contributed by atoms with Gasteiger partial charge in [-0.1, -0.05) is 56.3 Å². The van der Waals surface area contributed by atoms with Gasteiger partial charge in [-0.3, -0.25) is 0 Å². The predicted molar refractivity (Wildman–Crippen MR) is 99.6 cm³/mol. The van der Waals surface area contributed by atoms with Crippen molar-refractivity contribution in [3.05, 3.63) is 77.9 Å². The lowest BCUT2D eigenvalue weighted by atomic mass is 9.97. The first-order valence-corrected chi connectivity index (χ1v) is 8.26. The van der Waals surface area contributed by atoms with Crippen molar-refractivity contribution in [2.24, 2.45) is 0 Å². The van der Waals surface area contributed by atoms with Gasteiger partial charge in [0.1, 0.15) is 0 Å². The van der Waals surface area contributed by atoms with E-state index in [-0.39, 0.29) is 0 Å². The largest absolute Gasteiger partial charge is 0.309 e. The second-order valence-corrected chi connectivity index (χ2v) is 6.59. The lowest BCUT2D eigenvalue weighted by Crippen LogP contribution is -1.94. The molecule has 0 fully saturated rings. The predicted octanol–water partition coefficient (Wildman–Crippen LogP) is 6.22. The van der Waals surface area contributed by atoms with E-state index in [1.807, 2.05) is 0 Å². The zero-order valence-electron chi connectivity index (χ0n) is 13.9. The molecule has 1 heterocycles. The number of fused-ring (bicyclic) bond motifs is 3. The molecule has 0 N–H and O–H groups in total. The minimum absolute atomic E-state index is 0.509. The number of rotatable bonds is 2. The molecule has 1 nitrogen and oxygen atoms in total. The third kappa shape index (κ3) is 2.16. The standard InChI is InChI=1S/C22H21N/c1-15(2)18-10-7-11-20-22(18)19-13-12-16(3)14-21(19)23(20)17-8-5-4-6-9-17/h4-15H,1-3H3. The van der Waals surface area contributed by atoms with Gasteiger partial charge >= 0.3 is 0 Å². The third-order valence-electron chi connectivity index (χ3n) is 4.62. The van der Waals surface area contributed by atoms with E-state index in [0.717, 1.165) is 0 Å². The van der Waals surface area contributed by atoms with E-state index in [4.69, 9.17) is 0 Å². The average molecular weight is 299 g/mol. The molecule has 0 atom stereocenters. The Morgan fingerprint density at radius 2 is 1.57 bits per heavy atom. The highest BCUT2D eigenvalue weighted by atomic mass is 15.0. The van der Waals surface area contributed by atoms with Crippen LogP contribution in [0.2, 0.25) is 0 Å². The first kappa shape index (κ1) is 14.1. The molecule has 0 aliphatic carbocycles. The molecule has 4 rings (SSSR count). The fraction of sp³-hybridized carbons (Fsp3) is 0.182. The quantitative estimate of drug-likeness (QED) is 0.414. The summed E-state index contributed by atoms with van der Waals surface area (Å²) < 4.78 is 2.39. The van der Waals surface area contributed by atoms with Crippen molar-refractivity contribution in [2.75, 3.05) is 0 Å². The van der Waals surface area contributed by atoms with Crippen molar-refractivity contribution >= 4 is 21.8 Å². The minimum Gasteiger partial charge on any atom is -0.309 e. The summed E-state index contributed by atoms with van der Waals surface area (Å²) in [6, 6.07) is 24.1. The highest BCUT2D eigenvalue weighted by Crippen LogP contribution is 2.36. The molecule has 1 aromatic heterocycles. The zero-order chi connectivity index (χ0) is 16.0. The van der Waals surface area contributed by atoms with Gasteiger partial charge in [-0.25, -0.2) is 0 Å². The number of nitrogens with zero attached hydrogens (tertiary/aromatic N) is 1. The van der Waals surface area contributed by atoms with Crippen LogP contribution in [0.4, 0.5) is 0 Å². The Bertz CT molecular complexity index is 991. The van der Waals surface area contributed by atoms with Gasteiger partial charge in [0.15, 0.2) is 0 Å². The van der Waals surface area contributed by atoms with Crippen LogP contribution in [0.1, 0.15) is 30.9 Å². The number of aryl methyl sites for hydroxylation is 1. The second-order valence-electron chi connectivity index (χ2n) is 6.59. The van der Waals surface area contributed by atoms with Crippen molar-refractivity contribution < 1.29 is 0 Å². The Hall–Kier alpha value is -2.54. The van der Waals surface area contributed by atoms with E-state index in [0.29, 0.717) is 5.92 Å². The summed E-state index contributed by atoms with van der Waals surface area (Å²) in [4.78, 5) is 0. The second kappa shape index (κ2) is 5.27. The van der Waals surface area contributed by atoms with E-state index in [1.165, 1.54) is 38.6 Å². The molecule has 0 amide bonds. The number of benzene rings is 3. The molecule has 0 saturated heterocycles. The van der Waals surface area contributed by atoms with Crippen LogP contribution in [0.3, 0.4) is 0 Å². The maximum Gasteiger partial charge on any atom is 0.0543 e. The highest BCUT2D eigenvalue weighted by Gasteiger charge is 2.16. The minimum atomic E-state index is 0.509. The number of para-hydroxylation sites is 1. The van der Waals surface area contributed by atoms with Crippen molar-refractivity contribution in [2.45, 2.75) is 26.7 Å². The fourth-order valence-corrected chi connectivity index (χ4v) is 3.54. The van der Waals surface area contributed by atoms with Crippen molar-refractivity contribution in [1.82, 2.24) is 4.57 Å². The lowest BCUT2D eigenvalue weighted by Gasteiger charge is -2.10. The van der Waals surface area contributed by atoms with Crippen molar-refractivity contribution in [3.63, 3.8) is 0 Å². The van der Waals surface area contributed by atoms with Crippen LogP contribution in [0.5, 0.6) is 0 Å². The Morgan fingerprint density at radius 1 is 0.783 bits per heavy atom. The van der Waals surface area contributed by atoms with E-state index < -0.39 is 0 Å². The van der Waals surface area contributed by atoms with Gasteiger partial charge in [-0.15, -0.1) is 0 Å². The Kier molecular flexibility index (Phi) is 3.23. The summed E-state index contributed by atoms with van der Waals surface area (Å²) in [5, 5.41) is 2.74. The first-order valence-electron chi connectivity index (χ1n) is 8.26. The Morgan fingerprint density at radius 3 is 2.30 bits per heavy atom. The van der Waals surface area contributed by atoms with Crippen LogP contribution >= 0.6 is 0 Å². The van der Waals surface area contributed by atoms with Gasteiger partial charge in [0.05, 0.1) is 11.0 Å². The molecule has 0 aliphatic rings. The molecule has 0 aliphatic heterocycles. The summed E-state index contributed by atoms with van der Waals surface area (Å²) in [7, 11) is 0. The molecular formula is C22H21N. The van der Waals surface area contributed by atoms with E-state index in [9.17, 15) is 0 Å². The van der Waals surface area contributed by atoms with Gasteiger partial charge in [-0.2, -0.15) is 0 Å². The summed E-state index contributed by atoms with van der Waals surface area (Å²) in [6.45, 7) is 6.71. The van der Waals surface area contributed by atoms with Crippen molar-refractivity contribution in [3.8, 4) is 5.69 Å². The molecular weight excluding hydrogens is 278 g/mol. The van der Waals surface area contributed by atoms with E-state index in [1.54, 1.807) is 0 Å². The normalized spacial score (nSPS) is 11.7. The van der Waals surface area contributed by atoms with Gasteiger partial charge in [0, 0.05) is 16.5 Å². The molecule has 114 valence electrons. The lowest BCUT2D eigenvalue weighted by molar-refractivity contribution is 0.877. The topological polar surface area (TPSA) is 4.93 Å². The molecule has 0 unspecified atom stereocenters. The number of hydrogen-bond donors (Lipinski definition) is 0.